The van der Waals surface area contributed by atoms with Crippen molar-refractivity contribution in [1.82, 2.24) is 4.90 Å². The van der Waals surface area contributed by atoms with E-state index in [2.05, 4.69) is 4.74 Å². The van der Waals surface area contributed by atoms with E-state index in [4.69, 9.17) is 7.80 Å². The molecule has 0 saturated carbocycles. The molecule has 2 aromatic rings. The van der Waals surface area contributed by atoms with E-state index in [-0.39, 0.29) is 21.5 Å². The summed E-state index contributed by atoms with van der Waals surface area (Å²) in [7, 11) is 1.56. The summed E-state index contributed by atoms with van der Waals surface area (Å²) in [4.78, 5) is 25.2. The fourth-order valence-electron chi connectivity index (χ4n) is 2.86. The predicted molar refractivity (Wildman–Crippen MR) is 131 cm³/mol. The van der Waals surface area contributed by atoms with E-state index in [1.807, 2.05) is 0 Å². The van der Waals surface area contributed by atoms with Crippen molar-refractivity contribution in [2.24, 2.45) is 0 Å². The Morgan fingerprint density at radius 1 is 1.03 bits per heavy atom. The van der Waals surface area contributed by atoms with Gasteiger partial charge in [0.2, 0.25) is 0 Å². The minimum Gasteiger partial charge on any atom is -0.147 e. The monoisotopic (exact) mass is 633 g/mol. The van der Waals surface area contributed by atoms with Crippen LogP contribution in [0.15, 0.2) is 48.5 Å². The second-order valence-electron chi connectivity index (χ2n) is 8.51. The van der Waals surface area contributed by atoms with Crippen molar-refractivity contribution in [3.8, 4) is 5.75 Å². The van der Waals surface area contributed by atoms with Gasteiger partial charge in [-0.1, -0.05) is 0 Å². The molecule has 35 heavy (non-hydrogen) atoms. The average Bonchev–Trinajstić information content (AvgIpc) is 3.09. The summed E-state index contributed by atoms with van der Waals surface area (Å²) in [6, 6.07) is 10.5. The third-order valence-corrected chi connectivity index (χ3v) is 9.28. The Labute approximate surface area is 214 Å². The molecule has 0 spiro atoms. The van der Waals surface area contributed by atoms with Crippen LogP contribution in [0.2, 0.25) is 0 Å². The zero-order chi connectivity index (χ0) is 25.3. The quantitative estimate of drug-likeness (QED) is 0.197. The van der Waals surface area contributed by atoms with Gasteiger partial charge in [0.1, 0.15) is 5.60 Å². The third-order valence-electron chi connectivity index (χ3n) is 4.58. The van der Waals surface area contributed by atoms with Crippen LogP contribution < -0.4 is 4.74 Å². The molecule has 0 radical (unpaired) electrons. The minimum absolute atomic E-state index is 0. The predicted octanol–water partition coefficient (Wildman–Crippen LogP) is 6.54. The molecule has 0 N–H and O–H groups in total. The van der Waals surface area contributed by atoms with Crippen LogP contribution in [0.5, 0.6) is 5.75 Å². The number of carbonyl (C=O) groups is 2. The van der Waals surface area contributed by atoms with Gasteiger partial charge in [0, 0.05) is 0 Å². The first-order valence-corrected chi connectivity index (χ1v) is 13.2. The number of hydrogen-bond acceptors (Lipinski definition) is 5. The molecule has 1 aliphatic heterocycles. The third kappa shape index (κ3) is 6.69. The summed E-state index contributed by atoms with van der Waals surface area (Å²) < 4.78 is 68.2. The number of halogens is 6. The molecule has 12 heteroatoms. The van der Waals surface area contributed by atoms with Gasteiger partial charge in [-0.05, 0) is 20.8 Å². The molecule has 0 fully saturated rings. The van der Waals surface area contributed by atoms with Crippen LogP contribution >= 0.6 is 32.6 Å². The molecule has 0 saturated heterocycles. The summed E-state index contributed by atoms with van der Waals surface area (Å²) in [5, 5.41) is 0. The SMILES string of the molecule is CN(CCc1ccc(OC(F)(F)C(F)(F)I2OC(=O)c3ccccc32)cc1)C(=O)OC(C)(C)C.Cl. The van der Waals surface area contributed by atoms with Gasteiger partial charge in [-0.2, -0.15) is 0 Å². The topological polar surface area (TPSA) is 65.1 Å². The summed E-state index contributed by atoms with van der Waals surface area (Å²) >= 11 is -4.39. The Balaban J connectivity index is 0.00000432. The van der Waals surface area contributed by atoms with Crippen LogP contribution in [0.1, 0.15) is 36.7 Å². The summed E-state index contributed by atoms with van der Waals surface area (Å²) in [6.07, 6.45) is -5.02. The van der Waals surface area contributed by atoms with Crippen molar-refractivity contribution >= 4 is 44.7 Å². The molecule has 6 nitrogen and oxygen atoms in total. The van der Waals surface area contributed by atoms with Crippen LogP contribution in [0.4, 0.5) is 22.4 Å². The molecule has 0 atom stereocenters. The first-order valence-electron chi connectivity index (χ1n) is 10.2. The van der Waals surface area contributed by atoms with Crippen molar-refractivity contribution in [1.29, 1.82) is 0 Å². The van der Waals surface area contributed by atoms with Crippen LogP contribution in [0.3, 0.4) is 0 Å². The number of amides is 1. The van der Waals surface area contributed by atoms with Crippen LogP contribution in [0.25, 0.3) is 0 Å². The van der Waals surface area contributed by atoms with Crippen molar-refractivity contribution < 1.29 is 39.7 Å². The molecular weight excluding hydrogens is 609 g/mol. The first kappa shape index (κ1) is 29.0. The Morgan fingerprint density at radius 2 is 1.63 bits per heavy atom. The Bertz CT molecular complexity index is 1060. The fraction of sp³-hybridized carbons (Fsp3) is 0.391. The maximum atomic E-state index is 14.8. The number of carbonyl (C=O) groups excluding carboxylic acids is 2. The summed E-state index contributed by atoms with van der Waals surface area (Å²) in [5.41, 5.74) is -0.0873. The van der Waals surface area contributed by atoms with Crippen LogP contribution in [-0.2, 0) is 14.2 Å². The van der Waals surface area contributed by atoms with Gasteiger partial charge >= 0.3 is 176 Å². The Morgan fingerprint density at radius 3 is 2.23 bits per heavy atom. The second kappa shape index (κ2) is 10.8. The summed E-state index contributed by atoms with van der Waals surface area (Å²) in [6.45, 7) is 5.53. The molecule has 194 valence electrons. The van der Waals surface area contributed by atoms with Gasteiger partial charge in [-0.3, -0.25) is 0 Å². The van der Waals surface area contributed by atoms with Crippen molar-refractivity contribution in [2.75, 3.05) is 13.6 Å². The molecule has 1 heterocycles. The molecule has 0 unspecified atom stereocenters. The number of hydrogen-bond donors (Lipinski definition) is 0. The normalized spacial score (nSPS) is 14.5. The van der Waals surface area contributed by atoms with E-state index in [9.17, 15) is 27.2 Å². The number of likely N-dealkylation sites (N-methyl/N-ethyl adjacent to an activating group) is 1. The van der Waals surface area contributed by atoms with E-state index in [0.29, 0.717) is 18.5 Å². The first-order chi connectivity index (χ1) is 15.7. The number of rotatable bonds is 7. The second-order valence-corrected chi connectivity index (χ2v) is 12.9. The van der Waals surface area contributed by atoms with E-state index in [1.54, 1.807) is 27.8 Å². The van der Waals surface area contributed by atoms with Crippen molar-refractivity contribution in [2.45, 2.75) is 42.8 Å². The van der Waals surface area contributed by atoms with Gasteiger partial charge < -0.3 is 0 Å². The fourth-order valence-corrected chi connectivity index (χ4v) is 6.89. The number of ether oxygens (including phenoxy) is 2. The van der Waals surface area contributed by atoms with Crippen LogP contribution in [-0.4, -0.2) is 46.2 Å². The maximum absolute atomic E-state index is 14.8. The van der Waals surface area contributed by atoms with Gasteiger partial charge in [0.05, 0.1) is 0 Å². The van der Waals surface area contributed by atoms with Crippen molar-refractivity contribution in [3.63, 3.8) is 0 Å². The van der Waals surface area contributed by atoms with Crippen LogP contribution in [0, 0.1) is 3.57 Å². The molecule has 1 aliphatic rings. The zero-order valence-electron chi connectivity index (χ0n) is 19.3. The molecule has 2 aromatic carbocycles. The van der Waals surface area contributed by atoms with E-state index < -0.39 is 53.7 Å². The number of fused-ring (bicyclic) bond motifs is 1. The molecule has 1 amide bonds. The van der Waals surface area contributed by atoms with Gasteiger partial charge in [-0.15, -0.1) is 12.4 Å². The smallest absolute Gasteiger partial charge is 0.147 e. The van der Waals surface area contributed by atoms with Gasteiger partial charge in [0.25, 0.3) is 0 Å². The van der Waals surface area contributed by atoms with Gasteiger partial charge in [-0.25, -0.2) is 0 Å². The Hall–Kier alpha value is -2.28. The Kier molecular flexibility index (Phi) is 8.91. The molecule has 0 aromatic heterocycles. The minimum atomic E-state index is -4.89. The zero-order valence-corrected chi connectivity index (χ0v) is 22.3. The number of nitrogens with zero attached hydrogens (tertiary/aromatic N) is 1. The molecule has 0 bridgehead atoms. The van der Waals surface area contributed by atoms with E-state index >= 15 is 0 Å². The number of alkyl halides is 5. The van der Waals surface area contributed by atoms with Gasteiger partial charge in [0.15, 0.2) is 0 Å². The van der Waals surface area contributed by atoms with E-state index in [0.717, 1.165) is 12.1 Å². The van der Waals surface area contributed by atoms with Crippen molar-refractivity contribution in [3.05, 3.63) is 63.2 Å². The standard InChI is InChI=1S/C23H24F4INO5.ClH/c1-21(2,3)33-20(31)29(4)14-13-15-9-11-16(12-10-15)32-23(26,27)22(24,25)28-18-8-6-5-7-17(18)19(30)34-28;/h5-12H,13-14H2,1-4H3;1H. The summed E-state index contributed by atoms with van der Waals surface area (Å²) in [5.74, 6) is -1.50. The molecule has 3 rings (SSSR count). The molecular formula is C23H25ClF4INO5. The van der Waals surface area contributed by atoms with E-state index in [1.165, 1.54) is 41.3 Å². The number of benzene rings is 2. The average molecular weight is 634 g/mol. The molecule has 0 aliphatic carbocycles.